The molecule has 0 radical (unpaired) electrons. The van der Waals surface area contributed by atoms with E-state index >= 15 is 0 Å². The van der Waals surface area contributed by atoms with Gasteiger partial charge in [0.2, 0.25) is 0 Å². The Bertz CT molecular complexity index is 734. The maximum absolute atomic E-state index is 12.0. The van der Waals surface area contributed by atoms with Gasteiger partial charge in [-0.3, -0.25) is 4.79 Å². The zero-order valence-corrected chi connectivity index (χ0v) is 11.1. The van der Waals surface area contributed by atoms with Crippen molar-refractivity contribution in [3.05, 3.63) is 51.3 Å². The van der Waals surface area contributed by atoms with Gasteiger partial charge in [-0.15, -0.1) is 0 Å². The summed E-state index contributed by atoms with van der Waals surface area (Å²) in [6, 6.07) is 7.88. The highest BCUT2D eigenvalue weighted by Crippen LogP contribution is 2.32. The number of hydrogen-bond donors (Lipinski definition) is 1. The number of carbonyl (C=O) groups excluding carboxylic acids is 1. The number of rotatable bonds is 2. The fourth-order valence-corrected chi connectivity index (χ4v) is 2.60. The largest absolute Gasteiger partial charge is 0.462 e. The molecule has 2 aromatic rings. The molecule has 0 spiro atoms. The van der Waals surface area contributed by atoms with Crippen LogP contribution >= 0.6 is 0 Å². The summed E-state index contributed by atoms with van der Waals surface area (Å²) in [4.78, 5) is 23.9. The van der Waals surface area contributed by atoms with Gasteiger partial charge in [-0.25, -0.2) is 9.89 Å². The number of esters is 1. The summed E-state index contributed by atoms with van der Waals surface area (Å²) >= 11 is 0. The van der Waals surface area contributed by atoms with E-state index < -0.39 is 11.5 Å². The summed E-state index contributed by atoms with van der Waals surface area (Å²) in [5.41, 5.74) is 3.11. The Balaban J connectivity index is 2.22. The smallest absolute Gasteiger partial charge is 0.344 e. The minimum atomic E-state index is -0.577. The third-order valence-electron chi connectivity index (χ3n) is 3.48. The Morgan fingerprint density at radius 2 is 2.15 bits per heavy atom. The lowest BCUT2D eigenvalue weighted by molar-refractivity contribution is 0.0522. The van der Waals surface area contributed by atoms with E-state index in [0.29, 0.717) is 17.7 Å². The zero-order chi connectivity index (χ0) is 14.1. The number of hydrogen-bond acceptors (Lipinski definition) is 4. The van der Waals surface area contributed by atoms with Crippen molar-refractivity contribution in [2.75, 3.05) is 6.61 Å². The number of ether oxygens (including phenoxy) is 1. The van der Waals surface area contributed by atoms with E-state index in [4.69, 9.17) is 4.74 Å². The van der Waals surface area contributed by atoms with Crippen LogP contribution in [0.5, 0.6) is 0 Å². The van der Waals surface area contributed by atoms with Gasteiger partial charge in [0.15, 0.2) is 0 Å². The number of H-pyrrole nitrogens is 1. The van der Waals surface area contributed by atoms with Crippen molar-refractivity contribution in [2.24, 2.45) is 0 Å². The standard InChI is InChI=1S/C15H14N2O3/c1-2-20-15(19)12-11-8-7-9-5-3-4-6-10(9)13(11)16-17-14(12)18/h3-6H,2,7-8H2,1H3,(H,17,18). The fraction of sp³-hybridized carbons (Fsp3) is 0.267. The normalized spacial score (nSPS) is 12.4. The van der Waals surface area contributed by atoms with E-state index in [9.17, 15) is 9.59 Å². The van der Waals surface area contributed by atoms with Crippen LogP contribution in [0.3, 0.4) is 0 Å². The number of aromatic amines is 1. The Kier molecular flexibility index (Phi) is 3.10. The van der Waals surface area contributed by atoms with Crippen LogP contribution in [0.15, 0.2) is 29.1 Å². The van der Waals surface area contributed by atoms with Crippen molar-refractivity contribution in [1.29, 1.82) is 0 Å². The van der Waals surface area contributed by atoms with Crippen molar-refractivity contribution < 1.29 is 9.53 Å². The minimum absolute atomic E-state index is 0.0892. The van der Waals surface area contributed by atoms with Crippen molar-refractivity contribution in [2.45, 2.75) is 19.8 Å². The molecule has 1 heterocycles. The van der Waals surface area contributed by atoms with E-state index in [1.54, 1.807) is 6.92 Å². The number of aromatic nitrogens is 2. The topological polar surface area (TPSA) is 72.0 Å². The predicted octanol–water partition coefficient (Wildman–Crippen LogP) is 1.71. The summed E-state index contributed by atoms with van der Waals surface area (Å²) in [7, 11) is 0. The molecule has 0 saturated carbocycles. The first kappa shape index (κ1) is 12.6. The SMILES string of the molecule is CCOC(=O)c1c2c(n[nH]c1=O)-c1ccccc1CC2. The van der Waals surface area contributed by atoms with Gasteiger partial charge >= 0.3 is 5.97 Å². The first-order valence-electron chi connectivity index (χ1n) is 6.59. The number of aryl methyl sites for hydroxylation is 1. The molecule has 1 N–H and O–H groups in total. The van der Waals surface area contributed by atoms with E-state index in [1.807, 2.05) is 24.3 Å². The molecule has 1 aromatic heterocycles. The van der Waals surface area contributed by atoms with Crippen molar-refractivity contribution >= 4 is 5.97 Å². The summed E-state index contributed by atoms with van der Waals surface area (Å²) in [6.45, 7) is 1.96. The third kappa shape index (κ3) is 1.91. The summed E-state index contributed by atoms with van der Waals surface area (Å²) in [6.07, 6.45) is 1.41. The molecule has 1 aliphatic carbocycles. The van der Waals surface area contributed by atoms with Gasteiger partial charge in [0.25, 0.3) is 5.56 Å². The maximum atomic E-state index is 12.0. The Morgan fingerprint density at radius 1 is 1.35 bits per heavy atom. The second-order valence-corrected chi connectivity index (χ2v) is 4.63. The zero-order valence-electron chi connectivity index (χ0n) is 11.1. The highest BCUT2D eigenvalue weighted by atomic mass is 16.5. The molecule has 1 aromatic carbocycles. The van der Waals surface area contributed by atoms with Gasteiger partial charge in [-0.05, 0) is 25.3 Å². The lowest BCUT2D eigenvalue weighted by Crippen LogP contribution is -2.26. The molecule has 0 atom stereocenters. The van der Waals surface area contributed by atoms with Gasteiger partial charge in [-0.1, -0.05) is 24.3 Å². The molecule has 0 fully saturated rings. The predicted molar refractivity (Wildman–Crippen MR) is 73.7 cm³/mol. The lowest BCUT2D eigenvalue weighted by atomic mass is 9.87. The van der Waals surface area contributed by atoms with E-state index in [2.05, 4.69) is 10.2 Å². The van der Waals surface area contributed by atoms with Crippen LogP contribution < -0.4 is 5.56 Å². The summed E-state index contributed by atoms with van der Waals surface area (Å²) in [5, 5.41) is 6.52. The molecule has 102 valence electrons. The van der Waals surface area contributed by atoms with E-state index in [0.717, 1.165) is 12.0 Å². The maximum Gasteiger partial charge on any atom is 0.344 e. The molecule has 0 amide bonds. The van der Waals surface area contributed by atoms with E-state index in [1.165, 1.54) is 5.56 Å². The third-order valence-corrected chi connectivity index (χ3v) is 3.48. The van der Waals surface area contributed by atoms with Crippen LogP contribution in [0.25, 0.3) is 11.3 Å². The quantitative estimate of drug-likeness (QED) is 0.843. The molecule has 5 heteroatoms. The van der Waals surface area contributed by atoms with Gasteiger partial charge in [0.1, 0.15) is 5.56 Å². The average Bonchev–Trinajstić information content (AvgIpc) is 2.46. The van der Waals surface area contributed by atoms with Gasteiger partial charge in [0, 0.05) is 11.1 Å². The van der Waals surface area contributed by atoms with Crippen molar-refractivity contribution in [3.8, 4) is 11.3 Å². The Morgan fingerprint density at radius 3 is 2.95 bits per heavy atom. The first-order chi connectivity index (χ1) is 9.72. The van der Waals surface area contributed by atoms with Gasteiger partial charge < -0.3 is 4.74 Å². The number of carbonyl (C=O) groups is 1. The van der Waals surface area contributed by atoms with Crippen LogP contribution in [0, 0.1) is 0 Å². The van der Waals surface area contributed by atoms with Crippen molar-refractivity contribution in [3.63, 3.8) is 0 Å². The molecule has 0 saturated heterocycles. The first-order valence-corrected chi connectivity index (χ1v) is 6.59. The second kappa shape index (κ2) is 4.92. The highest BCUT2D eigenvalue weighted by Gasteiger charge is 2.26. The van der Waals surface area contributed by atoms with Gasteiger partial charge in [0.05, 0.1) is 12.3 Å². The van der Waals surface area contributed by atoms with Crippen LogP contribution in [0.4, 0.5) is 0 Å². The van der Waals surface area contributed by atoms with Crippen LogP contribution in [0.1, 0.15) is 28.4 Å². The molecule has 20 heavy (non-hydrogen) atoms. The molecule has 0 bridgehead atoms. The molecule has 5 nitrogen and oxygen atoms in total. The monoisotopic (exact) mass is 270 g/mol. The second-order valence-electron chi connectivity index (χ2n) is 4.63. The van der Waals surface area contributed by atoms with E-state index in [-0.39, 0.29) is 12.2 Å². The molecule has 0 aliphatic heterocycles. The van der Waals surface area contributed by atoms with Crippen LogP contribution in [0.2, 0.25) is 0 Å². The number of nitrogens with one attached hydrogen (secondary N) is 1. The molecular formula is C15H14N2O3. The van der Waals surface area contributed by atoms with Gasteiger partial charge in [-0.2, -0.15) is 5.10 Å². The Labute approximate surface area is 115 Å². The number of benzene rings is 1. The molecular weight excluding hydrogens is 256 g/mol. The fourth-order valence-electron chi connectivity index (χ4n) is 2.60. The number of nitrogens with zero attached hydrogens (tertiary/aromatic N) is 1. The molecule has 1 aliphatic rings. The van der Waals surface area contributed by atoms with Crippen molar-refractivity contribution in [1.82, 2.24) is 10.2 Å². The number of fused-ring (bicyclic) bond motifs is 3. The molecule has 0 unspecified atom stereocenters. The average molecular weight is 270 g/mol. The molecule has 3 rings (SSSR count). The summed E-state index contributed by atoms with van der Waals surface area (Å²) < 4.78 is 4.98. The highest BCUT2D eigenvalue weighted by molar-refractivity contribution is 5.93. The summed E-state index contributed by atoms with van der Waals surface area (Å²) in [5.74, 6) is -0.577. The van der Waals surface area contributed by atoms with Crippen LogP contribution in [-0.4, -0.2) is 22.8 Å². The lowest BCUT2D eigenvalue weighted by Gasteiger charge is -2.19. The Hall–Kier alpha value is -2.43. The van der Waals surface area contributed by atoms with Crippen LogP contribution in [-0.2, 0) is 17.6 Å². The minimum Gasteiger partial charge on any atom is -0.462 e.